The minimum Gasteiger partial charge on any atom is -0.313 e. The Morgan fingerprint density at radius 3 is 2.63 bits per heavy atom. The van der Waals surface area contributed by atoms with Gasteiger partial charge in [-0.2, -0.15) is 5.10 Å². The molecule has 0 aliphatic carbocycles. The Kier molecular flexibility index (Phi) is 4.56. The van der Waals surface area contributed by atoms with E-state index < -0.39 is 0 Å². The number of nitrogens with one attached hydrogen (secondary N) is 1. The number of halogens is 2. The molecule has 2 rings (SSSR count). The topological polar surface area (TPSA) is 29.9 Å². The molecule has 0 aliphatic heterocycles. The van der Waals surface area contributed by atoms with Crippen molar-refractivity contribution in [1.82, 2.24) is 15.1 Å². The molecule has 0 spiro atoms. The van der Waals surface area contributed by atoms with Crippen molar-refractivity contribution in [2.75, 3.05) is 6.54 Å². The summed E-state index contributed by atoms with van der Waals surface area (Å²) in [6, 6.07) is 6.13. The van der Waals surface area contributed by atoms with Crippen molar-refractivity contribution in [3.63, 3.8) is 0 Å². The van der Waals surface area contributed by atoms with Crippen molar-refractivity contribution in [1.29, 1.82) is 0 Å². The SMILES string of the molecule is CCCNCc1c(C)nn(-c2ccc(F)cc2)c1Cl. The smallest absolute Gasteiger partial charge is 0.137 e. The number of rotatable bonds is 5. The summed E-state index contributed by atoms with van der Waals surface area (Å²) in [7, 11) is 0. The fraction of sp³-hybridized carbons (Fsp3) is 0.357. The van der Waals surface area contributed by atoms with Crippen LogP contribution in [0.4, 0.5) is 4.39 Å². The van der Waals surface area contributed by atoms with Crippen molar-refractivity contribution in [3.05, 3.63) is 46.5 Å². The average Bonchev–Trinajstić information content (AvgIpc) is 2.68. The van der Waals surface area contributed by atoms with Crippen LogP contribution in [0.5, 0.6) is 0 Å². The third-order valence-electron chi connectivity index (χ3n) is 2.92. The molecule has 102 valence electrons. The van der Waals surface area contributed by atoms with Crippen molar-refractivity contribution >= 4 is 11.6 Å². The Balaban J connectivity index is 2.27. The van der Waals surface area contributed by atoms with Crippen LogP contribution in [0, 0.1) is 12.7 Å². The van der Waals surface area contributed by atoms with Gasteiger partial charge in [-0.15, -0.1) is 0 Å². The predicted octanol–water partition coefficient (Wildman–Crippen LogP) is 3.47. The molecule has 2 aromatic rings. The van der Waals surface area contributed by atoms with Crippen LogP contribution >= 0.6 is 11.6 Å². The second-order valence-electron chi connectivity index (χ2n) is 4.42. The molecule has 1 aromatic heterocycles. The van der Waals surface area contributed by atoms with Gasteiger partial charge < -0.3 is 5.32 Å². The molecule has 5 heteroatoms. The molecule has 0 fully saturated rings. The number of aryl methyl sites for hydroxylation is 1. The number of hydrogen-bond acceptors (Lipinski definition) is 2. The lowest BCUT2D eigenvalue weighted by molar-refractivity contribution is 0.627. The van der Waals surface area contributed by atoms with Crippen LogP contribution in [0.2, 0.25) is 5.15 Å². The quantitative estimate of drug-likeness (QED) is 0.851. The zero-order chi connectivity index (χ0) is 13.8. The molecule has 19 heavy (non-hydrogen) atoms. The van der Waals surface area contributed by atoms with Gasteiger partial charge in [0.1, 0.15) is 11.0 Å². The summed E-state index contributed by atoms with van der Waals surface area (Å²) in [5.41, 5.74) is 2.63. The van der Waals surface area contributed by atoms with Crippen LogP contribution in [0.15, 0.2) is 24.3 Å². The fourth-order valence-corrected chi connectivity index (χ4v) is 2.21. The van der Waals surface area contributed by atoms with E-state index in [9.17, 15) is 4.39 Å². The second kappa shape index (κ2) is 6.17. The first-order chi connectivity index (χ1) is 9.13. The Morgan fingerprint density at radius 2 is 2.00 bits per heavy atom. The van der Waals surface area contributed by atoms with E-state index >= 15 is 0 Å². The largest absolute Gasteiger partial charge is 0.313 e. The highest BCUT2D eigenvalue weighted by Gasteiger charge is 2.14. The molecule has 3 nitrogen and oxygen atoms in total. The molecule has 1 heterocycles. The van der Waals surface area contributed by atoms with E-state index in [1.165, 1.54) is 12.1 Å². The summed E-state index contributed by atoms with van der Waals surface area (Å²) in [6.45, 7) is 5.68. The molecule has 0 radical (unpaired) electrons. The van der Waals surface area contributed by atoms with Crippen LogP contribution in [0.3, 0.4) is 0 Å². The first-order valence-electron chi connectivity index (χ1n) is 6.34. The maximum absolute atomic E-state index is 12.9. The lowest BCUT2D eigenvalue weighted by atomic mass is 10.2. The second-order valence-corrected chi connectivity index (χ2v) is 4.78. The number of nitrogens with zero attached hydrogens (tertiary/aromatic N) is 2. The number of benzene rings is 1. The molecule has 1 aromatic carbocycles. The van der Waals surface area contributed by atoms with Crippen LogP contribution in [-0.2, 0) is 6.54 Å². The van der Waals surface area contributed by atoms with Gasteiger partial charge >= 0.3 is 0 Å². The lowest BCUT2D eigenvalue weighted by Crippen LogP contribution is -2.14. The Labute approximate surface area is 117 Å². The first kappa shape index (κ1) is 14.0. The summed E-state index contributed by atoms with van der Waals surface area (Å²) in [6.07, 6.45) is 1.07. The molecule has 0 bridgehead atoms. The zero-order valence-electron chi connectivity index (χ0n) is 11.1. The summed E-state index contributed by atoms with van der Waals surface area (Å²) in [5, 5.41) is 8.30. The zero-order valence-corrected chi connectivity index (χ0v) is 11.8. The monoisotopic (exact) mass is 281 g/mol. The van der Waals surface area contributed by atoms with E-state index in [2.05, 4.69) is 17.3 Å². The number of aromatic nitrogens is 2. The maximum Gasteiger partial charge on any atom is 0.137 e. The van der Waals surface area contributed by atoms with E-state index in [1.807, 2.05) is 6.92 Å². The van der Waals surface area contributed by atoms with Crippen LogP contribution in [-0.4, -0.2) is 16.3 Å². The minimum atomic E-state index is -0.270. The number of hydrogen-bond donors (Lipinski definition) is 1. The molecule has 0 saturated carbocycles. The molecule has 0 aliphatic rings. The predicted molar refractivity (Wildman–Crippen MR) is 75.3 cm³/mol. The third-order valence-corrected chi connectivity index (χ3v) is 3.31. The summed E-state index contributed by atoms with van der Waals surface area (Å²) in [5.74, 6) is -0.270. The van der Waals surface area contributed by atoms with Gasteiger partial charge in [-0.1, -0.05) is 18.5 Å². The molecule has 0 unspecified atom stereocenters. The van der Waals surface area contributed by atoms with Crippen molar-refractivity contribution in [2.45, 2.75) is 26.8 Å². The van der Waals surface area contributed by atoms with Crippen LogP contribution in [0.25, 0.3) is 5.69 Å². The molecule has 1 N–H and O–H groups in total. The molecule has 0 saturated heterocycles. The van der Waals surface area contributed by atoms with Crippen molar-refractivity contribution in [2.24, 2.45) is 0 Å². The highest BCUT2D eigenvalue weighted by Crippen LogP contribution is 2.23. The van der Waals surface area contributed by atoms with Crippen LogP contribution < -0.4 is 5.32 Å². The van der Waals surface area contributed by atoms with Gasteiger partial charge in [0.05, 0.1) is 11.4 Å². The van der Waals surface area contributed by atoms with E-state index in [0.29, 0.717) is 11.7 Å². The van der Waals surface area contributed by atoms with Gasteiger partial charge in [0.25, 0.3) is 0 Å². The lowest BCUT2D eigenvalue weighted by Gasteiger charge is -2.04. The molecular formula is C14H17ClFN3. The van der Waals surface area contributed by atoms with Crippen molar-refractivity contribution < 1.29 is 4.39 Å². The minimum absolute atomic E-state index is 0.270. The van der Waals surface area contributed by atoms with Gasteiger partial charge in [-0.25, -0.2) is 9.07 Å². The van der Waals surface area contributed by atoms with Crippen molar-refractivity contribution in [3.8, 4) is 5.69 Å². The Hall–Kier alpha value is -1.39. The normalized spacial score (nSPS) is 10.9. The summed E-state index contributed by atoms with van der Waals surface area (Å²) in [4.78, 5) is 0. The van der Waals surface area contributed by atoms with E-state index in [4.69, 9.17) is 11.6 Å². The summed E-state index contributed by atoms with van der Waals surface area (Å²) < 4.78 is 14.6. The Morgan fingerprint density at radius 1 is 1.32 bits per heavy atom. The Bertz CT molecular complexity index is 549. The molecular weight excluding hydrogens is 265 g/mol. The van der Waals surface area contributed by atoms with E-state index in [0.717, 1.165) is 29.9 Å². The van der Waals surface area contributed by atoms with Gasteiger partial charge in [-0.3, -0.25) is 0 Å². The standard InChI is InChI=1S/C14H17ClFN3/c1-3-8-17-9-13-10(2)18-19(14(13)15)12-6-4-11(16)5-7-12/h4-7,17H,3,8-9H2,1-2H3. The fourth-order valence-electron chi connectivity index (χ4n) is 1.88. The van der Waals surface area contributed by atoms with Crippen LogP contribution in [0.1, 0.15) is 24.6 Å². The third kappa shape index (κ3) is 3.14. The highest BCUT2D eigenvalue weighted by atomic mass is 35.5. The van der Waals surface area contributed by atoms with E-state index in [-0.39, 0.29) is 5.82 Å². The van der Waals surface area contributed by atoms with Gasteiger partial charge in [0.15, 0.2) is 0 Å². The first-order valence-corrected chi connectivity index (χ1v) is 6.72. The van der Waals surface area contributed by atoms with Gasteiger partial charge in [-0.05, 0) is 44.2 Å². The van der Waals surface area contributed by atoms with Gasteiger partial charge in [0, 0.05) is 12.1 Å². The van der Waals surface area contributed by atoms with Gasteiger partial charge in [0.2, 0.25) is 0 Å². The molecule has 0 amide bonds. The highest BCUT2D eigenvalue weighted by molar-refractivity contribution is 6.30. The maximum atomic E-state index is 12.9. The van der Waals surface area contributed by atoms with E-state index in [1.54, 1.807) is 16.8 Å². The summed E-state index contributed by atoms with van der Waals surface area (Å²) >= 11 is 6.35. The average molecular weight is 282 g/mol. The molecule has 0 atom stereocenters.